The zero-order valence-electron chi connectivity index (χ0n) is 11.4. The molecule has 1 aliphatic rings. The molecule has 0 unspecified atom stereocenters. The first-order valence-electron chi connectivity index (χ1n) is 6.59. The van der Waals surface area contributed by atoms with Crippen molar-refractivity contribution in [1.29, 1.82) is 0 Å². The van der Waals surface area contributed by atoms with Crippen molar-refractivity contribution in [1.82, 2.24) is 0 Å². The summed E-state index contributed by atoms with van der Waals surface area (Å²) in [4.78, 5) is 22.6. The van der Waals surface area contributed by atoms with E-state index in [0.717, 1.165) is 0 Å². The number of primary amides is 1. The zero-order valence-corrected chi connectivity index (χ0v) is 12.2. The lowest BCUT2D eigenvalue weighted by atomic mass is 9.80. The van der Waals surface area contributed by atoms with Crippen molar-refractivity contribution >= 4 is 29.2 Å². The number of carboxylic acid groups (broad SMARTS) is 1. The molecule has 21 heavy (non-hydrogen) atoms. The Labute approximate surface area is 127 Å². The van der Waals surface area contributed by atoms with Crippen LogP contribution in [0.15, 0.2) is 18.2 Å². The van der Waals surface area contributed by atoms with E-state index in [-0.39, 0.29) is 17.1 Å². The summed E-state index contributed by atoms with van der Waals surface area (Å²) in [6, 6.07) is 4.74. The van der Waals surface area contributed by atoms with E-state index in [1.54, 1.807) is 12.1 Å². The third-order valence-electron chi connectivity index (χ3n) is 3.77. The Balaban J connectivity index is 2.09. The summed E-state index contributed by atoms with van der Waals surface area (Å²) in [5, 5.41) is 12.8. The van der Waals surface area contributed by atoms with Crippen LogP contribution in [0, 0.1) is 5.41 Å². The van der Waals surface area contributed by atoms with Gasteiger partial charge in [-0.1, -0.05) is 11.6 Å². The first-order valence-corrected chi connectivity index (χ1v) is 6.97. The van der Waals surface area contributed by atoms with Crippen LogP contribution in [-0.2, 0) is 9.53 Å². The number of halogens is 1. The molecule has 1 aromatic carbocycles. The molecular weight excluding hydrogens is 296 g/mol. The van der Waals surface area contributed by atoms with Gasteiger partial charge in [0.05, 0.1) is 16.0 Å². The van der Waals surface area contributed by atoms with Crippen molar-refractivity contribution in [2.75, 3.05) is 25.1 Å². The topological polar surface area (TPSA) is 102 Å². The van der Waals surface area contributed by atoms with Gasteiger partial charge in [-0.25, -0.2) is 0 Å². The Morgan fingerprint density at radius 3 is 2.57 bits per heavy atom. The van der Waals surface area contributed by atoms with Crippen LogP contribution in [0.1, 0.15) is 23.2 Å². The van der Waals surface area contributed by atoms with Crippen LogP contribution in [-0.4, -0.2) is 36.7 Å². The van der Waals surface area contributed by atoms with Gasteiger partial charge in [0.15, 0.2) is 0 Å². The lowest BCUT2D eigenvalue weighted by Gasteiger charge is -2.33. The first-order chi connectivity index (χ1) is 9.94. The maximum atomic E-state index is 11.5. The monoisotopic (exact) mass is 312 g/mol. The Hall–Kier alpha value is -1.79. The predicted octanol–water partition coefficient (Wildman–Crippen LogP) is 1.73. The first kappa shape index (κ1) is 15.6. The number of carbonyl (C=O) groups is 2. The molecule has 0 saturated carbocycles. The molecule has 0 aliphatic carbocycles. The molecule has 1 amide bonds. The molecule has 6 nitrogen and oxygen atoms in total. The maximum absolute atomic E-state index is 11.5. The van der Waals surface area contributed by atoms with Gasteiger partial charge >= 0.3 is 5.97 Å². The molecule has 0 bridgehead atoms. The summed E-state index contributed by atoms with van der Waals surface area (Å²) in [5.41, 5.74) is 5.23. The molecule has 4 N–H and O–H groups in total. The Bertz CT molecular complexity index is 556. The van der Waals surface area contributed by atoms with Gasteiger partial charge in [0.25, 0.3) is 0 Å². The van der Waals surface area contributed by atoms with Gasteiger partial charge in [0.2, 0.25) is 5.91 Å². The average Bonchev–Trinajstić information content (AvgIpc) is 2.45. The fraction of sp³-hybridized carbons (Fsp3) is 0.429. The minimum atomic E-state index is -0.840. The number of hydrogen-bond acceptors (Lipinski definition) is 4. The van der Waals surface area contributed by atoms with E-state index >= 15 is 0 Å². The van der Waals surface area contributed by atoms with E-state index in [0.29, 0.717) is 31.7 Å². The zero-order chi connectivity index (χ0) is 15.5. The summed E-state index contributed by atoms with van der Waals surface area (Å²) >= 11 is 5.97. The van der Waals surface area contributed by atoms with Crippen LogP contribution in [0.25, 0.3) is 0 Å². The molecule has 114 valence electrons. The summed E-state index contributed by atoms with van der Waals surface area (Å²) in [6.07, 6.45) is 0.921. The lowest BCUT2D eigenvalue weighted by molar-refractivity contribution is -0.153. The van der Waals surface area contributed by atoms with Crippen LogP contribution >= 0.6 is 11.6 Å². The molecule has 0 atom stereocenters. The largest absolute Gasteiger partial charge is 0.481 e. The number of benzene rings is 1. The van der Waals surface area contributed by atoms with Crippen LogP contribution in [0.2, 0.25) is 5.02 Å². The third kappa shape index (κ3) is 3.46. The normalized spacial score (nSPS) is 17.2. The van der Waals surface area contributed by atoms with Crippen LogP contribution in [0.4, 0.5) is 5.69 Å². The number of nitrogens with one attached hydrogen (secondary N) is 1. The molecule has 0 radical (unpaired) electrons. The maximum Gasteiger partial charge on any atom is 0.311 e. The van der Waals surface area contributed by atoms with Crippen LogP contribution in [0.3, 0.4) is 0 Å². The SMILES string of the molecule is NC(=O)c1ccc(NCC2(C(=O)O)CCOCC2)cc1Cl. The smallest absolute Gasteiger partial charge is 0.311 e. The van der Waals surface area contributed by atoms with Crippen molar-refractivity contribution < 1.29 is 19.4 Å². The second-order valence-electron chi connectivity index (χ2n) is 5.11. The Kier molecular flexibility index (Phi) is 4.69. The summed E-state index contributed by atoms with van der Waals surface area (Å²) in [7, 11) is 0. The highest BCUT2D eigenvalue weighted by atomic mass is 35.5. The van der Waals surface area contributed by atoms with E-state index < -0.39 is 17.3 Å². The van der Waals surface area contributed by atoms with Gasteiger partial charge in [-0.2, -0.15) is 0 Å². The van der Waals surface area contributed by atoms with Crippen molar-refractivity contribution in [3.05, 3.63) is 28.8 Å². The Morgan fingerprint density at radius 1 is 1.38 bits per heavy atom. The van der Waals surface area contributed by atoms with E-state index in [1.807, 2.05) is 0 Å². The summed E-state index contributed by atoms with van der Waals surface area (Å²) < 4.78 is 5.22. The van der Waals surface area contributed by atoms with Crippen molar-refractivity contribution in [3.63, 3.8) is 0 Å². The van der Waals surface area contributed by atoms with E-state index in [1.165, 1.54) is 6.07 Å². The standard InChI is InChI=1S/C14H17ClN2O4/c15-11-7-9(1-2-10(11)12(16)18)17-8-14(13(19)20)3-5-21-6-4-14/h1-2,7,17H,3-6,8H2,(H2,16,18)(H,19,20). The molecule has 2 rings (SSSR count). The minimum absolute atomic E-state index is 0.237. The van der Waals surface area contributed by atoms with Gasteiger partial charge < -0.3 is 20.9 Å². The number of carbonyl (C=O) groups excluding carboxylic acids is 1. The van der Waals surface area contributed by atoms with E-state index in [9.17, 15) is 14.7 Å². The molecule has 1 aliphatic heterocycles. The van der Waals surface area contributed by atoms with Crippen LogP contribution in [0.5, 0.6) is 0 Å². The van der Waals surface area contributed by atoms with Gasteiger partial charge in [0.1, 0.15) is 0 Å². The predicted molar refractivity (Wildman–Crippen MR) is 78.6 cm³/mol. The fourth-order valence-corrected chi connectivity index (χ4v) is 2.60. The minimum Gasteiger partial charge on any atom is -0.481 e. The van der Waals surface area contributed by atoms with E-state index in [2.05, 4.69) is 5.32 Å². The summed E-state index contributed by atoms with van der Waals surface area (Å²) in [5.74, 6) is -1.43. The molecular formula is C14H17ClN2O4. The van der Waals surface area contributed by atoms with Crippen molar-refractivity contribution in [2.24, 2.45) is 11.1 Å². The summed E-state index contributed by atoms with van der Waals surface area (Å²) in [6.45, 7) is 1.16. The molecule has 1 saturated heterocycles. The van der Waals surface area contributed by atoms with Gasteiger partial charge in [0, 0.05) is 25.4 Å². The number of anilines is 1. The third-order valence-corrected chi connectivity index (χ3v) is 4.08. The lowest BCUT2D eigenvalue weighted by Crippen LogP contribution is -2.42. The molecule has 1 heterocycles. The molecule has 7 heteroatoms. The van der Waals surface area contributed by atoms with Gasteiger partial charge in [-0.3, -0.25) is 9.59 Å². The number of carboxylic acids is 1. The van der Waals surface area contributed by atoms with Gasteiger partial charge in [-0.05, 0) is 31.0 Å². The number of ether oxygens (including phenoxy) is 1. The number of nitrogens with two attached hydrogens (primary N) is 1. The molecule has 0 spiro atoms. The number of hydrogen-bond donors (Lipinski definition) is 3. The highest BCUT2D eigenvalue weighted by Crippen LogP contribution is 2.31. The number of rotatable bonds is 5. The molecule has 1 aromatic rings. The highest BCUT2D eigenvalue weighted by Gasteiger charge is 2.40. The van der Waals surface area contributed by atoms with E-state index in [4.69, 9.17) is 22.1 Å². The molecule has 1 fully saturated rings. The molecule has 0 aromatic heterocycles. The fourth-order valence-electron chi connectivity index (χ4n) is 2.32. The van der Waals surface area contributed by atoms with Gasteiger partial charge in [-0.15, -0.1) is 0 Å². The number of aliphatic carboxylic acids is 1. The quantitative estimate of drug-likeness (QED) is 0.768. The second kappa shape index (κ2) is 6.32. The highest BCUT2D eigenvalue weighted by molar-refractivity contribution is 6.34. The second-order valence-corrected chi connectivity index (χ2v) is 5.52. The average molecular weight is 313 g/mol. The van der Waals surface area contributed by atoms with Crippen molar-refractivity contribution in [3.8, 4) is 0 Å². The number of amides is 1. The Morgan fingerprint density at radius 2 is 2.05 bits per heavy atom. The van der Waals surface area contributed by atoms with Crippen molar-refractivity contribution in [2.45, 2.75) is 12.8 Å². The van der Waals surface area contributed by atoms with Crippen LogP contribution < -0.4 is 11.1 Å².